The molecule has 0 aliphatic rings. The van der Waals surface area contributed by atoms with Gasteiger partial charge >= 0.3 is 0 Å². The van der Waals surface area contributed by atoms with Crippen LogP contribution in [0.15, 0.2) is 18.2 Å². The topological polar surface area (TPSA) is 82.0 Å². The van der Waals surface area contributed by atoms with Gasteiger partial charge in [-0.15, -0.1) is 0 Å². The Morgan fingerprint density at radius 2 is 2.11 bits per heavy atom. The molecule has 0 unspecified atom stereocenters. The lowest BCUT2D eigenvalue weighted by atomic mass is 10.1. The molecule has 0 atom stereocenters. The van der Waals surface area contributed by atoms with Crippen LogP contribution in [0, 0.1) is 17.1 Å². The SMILES string of the molecule is CS(=O)(=O)NCCNCc1cc(F)ccc1C#N. The van der Waals surface area contributed by atoms with Gasteiger partial charge in [-0.25, -0.2) is 17.5 Å². The van der Waals surface area contributed by atoms with Gasteiger partial charge in [-0.1, -0.05) is 0 Å². The summed E-state index contributed by atoms with van der Waals surface area (Å²) in [5.74, 6) is -0.403. The third kappa shape index (κ3) is 5.23. The number of sulfonamides is 1. The van der Waals surface area contributed by atoms with Crippen LogP contribution in [0.3, 0.4) is 0 Å². The summed E-state index contributed by atoms with van der Waals surface area (Å²) in [5.41, 5.74) is 0.955. The molecule has 1 rings (SSSR count). The van der Waals surface area contributed by atoms with Crippen LogP contribution < -0.4 is 10.0 Å². The molecule has 0 saturated carbocycles. The lowest BCUT2D eigenvalue weighted by Crippen LogP contribution is -2.30. The predicted octanol–water partition coefficient (Wildman–Crippen LogP) is 0.336. The molecule has 0 amide bonds. The molecule has 98 valence electrons. The van der Waals surface area contributed by atoms with Gasteiger partial charge in [0.2, 0.25) is 10.0 Å². The molecule has 7 heteroatoms. The van der Waals surface area contributed by atoms with Crippen molar-refractivity contribution in [3.8, 4) is 6.07 Å². The smallest absolute Gasteiger partial charge is 0.208 e. The van der Waals surface area contributed by atoms with Gasteiger partial charge in [0.05, 0.1) is 17.9 Å². The van der Waals surface area contributed by atoms with E-state index in [0.29, 0.717) is 24.2 Å². The minimum Gasteiger partial charge on any atom is -0.311 e. The summed E-state index contributed by atoms with van der Waals surface area (Å²) in [6.07, 6.45) is 1.08. The van der Waals surface area contributed by atoms with Crippen molar-refractivity contribution in [3.05, 3.63) is 35.1 Å². The maximum absolute atomic E-state index is 13.0. The molecule has 0 spiro atoms. The molecule has 5 nitrogen and oxygen atoms in total. The van der Waals surface area contributed by atoms with Crippen LogP contribution in [0.1, 0.15) is 11.1 Å². The lowest BCUT2D eigenvalue weighted by Gasteiger charge is -2.07. The van der Waals surface area contributed by atoms with E-state index in [2.05, 4.69) is 10.0 Å². The molecule has 0 bridgehead atoms. The number of halogens is 1. The van der Waals surface area contributed by atoms with Crippen LogP contribution in [0.4, 0.5) is 4.39 Å². The number of nitrogens with zero attached hydrogens (tertiary/aromatic N) is 1. The van der Waals surface area contributed by atoms with Gasteiger partial charge in [-0.05, 0) is 23.8 Å². The molecule has 0 aliphatic carbocycles. The van der Waals surface area contributed by atoms with E-state index in [0.717, 1.165) is 6.26 Å². The first-order chi connectivity index (χ1) is 8.42. The molecular formula is C11H14FN3O2S. The fraction of sp³-hybridized carbons (Fsp3) is 0.364. The summed E-state index contributed by atoms with van der Waals surface area (Å²) in [7, 11) is -3.19. The van der Waals surface area contributed by atoms with E-state index in [-0.39, 0.29) is 6.54 Å². The summed E-state index contributed by atoms with van der Waals surface area (Å²) in [6, 6.07) is 5.90. The molecule has 1 aromatic rings. The first-order valence-electron chi connectivity index (χ1n) is 5.26. The van der Waals surface area contributed by atoms with Crippen molar-refractivity contribution in [1.82, 2.24) is 10.0 Å². The highest BCUT2D eigenvalue weighted by atomic mass is 32.2. The van der Waals surface area contributed by atoms with Crippen LogP contribution >= 0.6 is 0 Å². The molecule has 0 aromatic heterocycles. The Kier molecular flexibility index (Phi) is 5.22. The van der Waals surface area contributed by atoms with Gasteiger partial charge in [0.25, 0.3) is 0 Å². The van der Waals surface area contributed by atoms with E-state index in [1.54, 1.807) is 0 Å². The van der Waals surface area contributed by atoms with E-state index in [1.165, 1.54) is 18.2 Å². The van der Waals surface area contributed by atoms with E-state index in [4.69, 9.17) is 5.26 Å². The van der Waals surface area contributed by atoms with E-state index in [1.807, 2.05) is 6.07 Å². The number of nitriles is 1. The van der Waals surface area contributed by atoms with Crippen molar-refractivity contribution in [2.24, 2.45) is 0 Å². The standard InChI is InChI=1S/C11H14FN3O2S/c1-18(16,17)15-5-4-14-8-10-6-11(12)3-2-9(10)7-13/h2-3,6,14-15H,4-5,8H2,1H3. The summed E-state index contributed by atoms with van der Waals surface area (Å²) >= 11 is 0. The van der Waals surface area contributed by atoms with Crippen LogP contribution in [0.5, 0.6) is 0 Å². The average molecular weight is 271 g/mol. The number of nitrogens with one attached hydrogen (secondary N) is 2. The molecule has 0 radical (unpaired) electrons. The van der Waals surface area contributed by atoms with Crippen LogP contribution in [0.25, 0.3) is 0 Å². The number of hydrogen-bond acceptors (Lipinski definition) is 4. The minimum atomic E-state index is -3.19. The average Bonchev–Trinajstić information content (AvgIpc) is 2.27. The summed E-state index contributed by atoms with van der Waals surface area (Å²) in [4.78, 5) is 0. The lowest BCUT2D eigenvalue weighted by molar-refractivity contribution is 0.581. The molecule has 0 heterocycles. The van der Waals surface area contributed by atoms with Gasteiger partial charge in [0.15, 0.2) is 0 Å². The highest BCUT2D eigenvalue weighted by Gasteiger charge is 2.03. The Morgan fingerprint density at radius 1 is 1.39 bits per heavy atom. The predicted molar refractivity (Wildman–Crippen MR) is 65.7 cm³/mol. The summed E-state index contributed by atoms with van der Waals surface area (Å²) < 4.78 is 36.9. The summed E-state index contributed by atoms with van der Waals surface area (Å²) in [5, 5.41) is 11.8. The van der Waals surface area contributed by atoms with Gasteiger partial charge in [-0.3, -0.25) is 0 Å². The Morgan fingerprint density at radius 3 is 2.72 bits per heavy atom. The molecule has 18 heavy (non-hydrogen) atoms. The summed E-state index contributed by atoms with van der Waals surface area (Å²) in [6.45, 7) is 0.955. The fourth-order valence-corrected chi connectivity index (χ4v) is 1.84. The van der Waals surface area contributed by atoms with Crippen LogP contribution in [-0.2, 0) is 16.6 Å². The highest BCUT2D eigenvalue weighted by molar-refractivity contribution is 7.88. The first-order valence-corrected chi connectivity index (χ1v) is 7.15. The largest absolute Gasteiger partial charge is 0.311 e. The van der Waals surface area contributed by atoms with Crippen molar-refractivity contribution >= 4 is 10.0 Å². The van der Waals surface area contributed by atoms with Crippen molar-refractivity contribution in [1.29, 1.82) is 5.26 Å². The maximum atomic E-state index is 13.0. The zero-order valence-corrected chi connectivity index (χ0v) is 10.7. The second-order valence-electron chi connectivity index (χ2n) is 3.76. The number of hydrogen-bond donors (Lipinski definition) is 2. The van der Waals surface area contributed by atoms with Crippen molar-refractivity contribution in [2.45, 2.75) is 6.54 Å². The molecule has 1 aromatic carbocycles. The number of benzene rings is 1. The van der Waals surface area contributed by atoms with Gasteiger partial charge in [-0.2, -0.15) is 5.26 Å². The zero-order chi connectivity index (χ0) is 13.6. The quantitative estimate of drug-likeness (QED) is 0.731. The monoisotopic (exact) mass is 271 g/mol. The third-order valence-corrected chi connectivity index (χ3v) is 2.90. The Hall–Kier alpha value is -1.49. The molecular weight excluding hydrogens is 257 g/mol. The fourth-order valence-electron chi connectivity index (χ4n) is 1.37. The van der Waals surface area contributed by atoms with E-state index >= 15 is 0 Å². The van der Waals surface area contributed by atoms with Crippen molar-refractivity contribution < 1.29 is 12.8 Å². The van der Waals surface area contributed by atoms with Crippen molar-refractivity contribution in [3.63, 3.8) is 0 Å². The van der Waals surface area contributed by atoms with Crippen LogP contribution in [0.2, 0.25) is 0 Å². The minimum absolute atomic E-state index is 0.246. The Labute approximate surface area is 106 Å². The molecule has 2 N–H and O–H groups in total. The number of rotatable bonds is 6. The normalized spacial score (nSPS) is 11.2. The molecule has 0 fully saturated rings. The zero-order valence-electron chi connectivity index (χ0n) is 9.90. The van der Waals surface area contributed by atoms with Gasteiger partial charge < -0.3 is 5.32 Å². The second kappa shape index (κ2) is 6.44. The molecule has 0 saturated heterocycles. The Bertz CT molecular complexity index is 552. The van der Waals surface area contributed by atoms with Gasteiger partial charge in [0, 0.05) is 19.6 Å². The van der Waals surface area contributed by atoms with E-state index in [9.17, 15) is 12.8 Å². The third-order valence-electron chi connectivity index (χ3n) is 2.17. The van der Waals surface area contributed by atoms with Gasteiger partial charge in [0.1, 0.15) is 5.82 Å². The molecule has 0 aliphatic heterocycles. The maximum Gasteiger partial charge on any atom is 0.208 e. The first kappa shape index (κ1) is 14.6. The Balaban J connectivity index is 2.45. The van der Waals surface area contributed by atoms with E-state index < -0.39 is 15.8 Å². The highest BCUT2D eigenvalue weighted by Crippen LogP contribution is 2.09. The van der Waals surface area contributed by atoms with Crippen LogP contribution in [-0.4, -0.2) is 27.8 Å². The second-order valence-corrected chi connectivity index (χ2v) is 5.59. The van der Waals surface area contributed by atoms with Crippen molar-refractivity contribution in [2.75, 3.05) is 19.3 Å².